The van der Waals surface area contributed by atoms with E-state index in [0.29, 0.717) is 43.0 Å². The maximum Gasteiger partial charge on any atom is 0.332 e. The number of hydrogen-bond donors (Lipinski definition) is 5. The van der Waals surface area contributed by atoms with Gasteiger partial charge in [0, 0.05) is 18.7 Å². The van der Waals surface area contributed by atoms with Crippen LogP contribution in [0.1, 0.15) is 47.1 Å². The minimum Gasteiger partial charge on any atom is -0.480 e. The molecule has 0 heterocycles. The summed E-state index contributed by atoms with van der Waals surface area (Å²) in [6.07, 6.45) is 1.74. The van der Waals surface area contributed by atoms with Crippen LogP contribution in [0.3, 0.4) is 0 Å². The van der Waals surface area contributed by atoms with Gasteiger partial charge in [-0.3, -0.25) is 14.3 Å². The molecular formula is C36H40N4O7S. The summed E-state index contributed by atoms with van der Waals surface area (Å²) in [6.45, 7) is 2.40. The van der Waals surface area contributed by atoms with Crippen LogP contribution in [0.15, 0.2) is 91.0 Å². The van der Waals surface area contributed by atoms with Crippen LogP contribution >= 0.6 is 0 Å². The predicted octanol–water partition coefficient (Wildman–Crippen LogP) is 4.91. The zero-order chi connectivity index (χ0) is 34.9. The van der Waals surface area contributed by atoms with Crippen molar-refractivity contribution in [2.75, 3.05) is 16.3 Å². The third kappa shape index (κ3) is 9.90. The number of nitrogens with one attached hydrogen (secondary N) is 2. The molecule has 1 amide bonds. The van der Waals surface area contributed by atoms with Crippen molar-refractivity contribution < 1.29 is 32.6 Å². The van der Waals surface area contributed by atoms with Gasteiger partial charge in [0.2, 0.25) is 15.9 Å². The van der Waals surface area contributed by atoms with E-state index in [4.69, 9.17) is 16.2 Å². The molecule has 11 nitrogen and oxygen atoms in total. The highest BCUT2D eigenvalue weighted by molar-refractivity contribution is 7.92. The van der Waals surface area contributed by atoms with Crippen molar-refractivity contribution in [3.8, 4) is 11.5 Å². The van der Waals surface area contributed by atoms with E-state index >= 15 is 0 Å². The maximum atomic E-state index is 12.4. The Kier molecular flexibility index (Phi) is 11.6. The number of aliphatic carboxylic acids is 1. The second-order valence-corrected chi connectivity index (χ2v) is 13.5. The number of aryl methyl sites for hydroxylation is 1. The van der Waals surface area contributed by atoms with Gasteiger partial charge in [0.05, 0.1) is 18.4 Å². The number of benzene rings is 4. The number of ketones is 1. The van der Waals surface area contributed by atoms with Gasteiger partial charge in [-0.15, -0.1) is 0 Å². The van der Waals surface area contributed by atoms with Crippen LogP contribution in [-0.2, 0) is 43.8 Å². The van der Waals surface area contributed by atoms with Gasteiger partial charge in [-0.25, -0.2) is 13.2 Å². The first-order valence-electron chi connectivity index (χ1n) is 15.3. The van der Waals surface area contributed by atoms with Crippen LogP contribution in [-0.4, -0.2) is 43.0 Å². The average molecular weight is 673 g/mol. The average Bonchev–Trinajstić information content (AvgIpc) is 3.03. The molecule has 48 heavy (non-hydrogen) atoms. The van der Waals surface area contributed by atoms with Crippen LogP contribution < -0.4 is 26.2 Å². The van der Waals surface area contributed by atoms with E-state index in [2.05, 4.69) is 10.0 Å². The van der Waals surface area contributed by atoms with Crippen LogP contribution in [0.2, 0.25) is 0 Å². The van der Waals surface area contributed by atoms with Gasteiger partial charge >= 0.3 is 5.97 Å². The molecule has 252 valence electrons. The topological polar surface area (TPSA) is 191 Å². The molecule has 0 bridgehead atoms. The van der Waals surface area contributed by atoms with Gasteiger partial charge in [0.15, 0.2) is 11.3 Å². The van der Waals surface area contributed by atoms with Crippen molar-refractivity contribution in [1.82, 2.24) is 0 Å². The van der Waals surface area contributed by atoms with E-state index in [1.807, 2.05) is 85.8 Å². The predicted molar refractivity (Wildman–Crippen MR) is 185 cm³/mol. The number of hydrogen-bond acceptors (Lipinski definition) is 8. The monoisotopic (exact) mass is 672 g/mol. The van der Waals surface area contributed by atoms with E-state index in [1.165, 1.54) is 0 Å². The third-order valence-corrected chi connectivity index (χ3v) is 8.42. The van der Waals surface area contributed by atoms with Crippen molar-refractivity contribution in [3.63, 3.8) is 0 Å². The largest absolute Gasteiger partial charge is 0.480 e. The number of carboxylic acids is 1. The van der Waals surface area contributed by atoms with Gasteiger partial charge in [-0.2, -0.15) is 0 Å². The number of anilines is 2. The number of carbonyl (C=O) groups excluding carboxylic acids is 2. The molecule has 0 aliphatic heterocycles. The Morgan fingerprint density at radius 1 is 0.854 bits per heavy atom. The van der Waals surface area contributed by atoms with Crippen molar-refractivity contribution >= 4 is 39.1 Å². The minimum atomic E-state index is -3.49. The first kappa shape index (κ1) is 35.7. The quantitative estimate of drug-likeness (QED) is 0.0970. The number of amides is 1. The fourth-order valence-electron chi connectivity index (χ4n) is 5.23. The van der Waals surface area contributed by atoms with E-state index < -0.39 is 39.6 Å². The van der Waals surface area contributed by atoms with Crippen LogP contribution in [0.25, 0.3) is 0 Å². The summed E-state index contributed by atoms with van der Waals surface area (Å²) in [7, 11) is -3.49. The minimum absolute atomic E-state index is 0.104. The van der Waals surface area contributed by atoms with Crippen molar-refractivity contribution in [2.45, 2.75) is 51.1 Å². The SMILES string of the molecule is Cc1c(NCc2ccc(Oc3ccc(CCCC(=O)[C@](N)(CC(N)=O)C(=O)O)cc3)cc2)ccc(Cc2ccccc2)c1NS(C)(=O)=O. The summed E-state index contributed by atoms with van der Waals surface area (Å²) in [4.78, 5) is 35.1. The molecule has 0 aliphatic carbocycles. The molecule has 4 aromatic rings. The Bertz CT molecular complexity index is 1860. The van der Waals surface area contributed by atoms with Crippen LogP contribution in [0, 0.1) is 6.92 Å². The van der Waals surface area contributed by atoms with Crippen molar-refractivity contribution in [3.05, 3.63) is 119 Å². The van der Waals surface area contributed by atoms with E-state index in [0.717, 1.165) is 39.8 Å². The summed E-state index contributed by atoms with van der Waals surface area (Å²) in [5.74, 6) is -2.01. The Labute approximate surface area is 280 Å². The number of carbonyl (C=O) groups is 3. The van der Waals surface area contributed by atoms with Gasteiger partial charge in [-0.05, 0) is 84.3 Å². The summed E-state index contributed by atoms with van der Waals surface area (Å²) < 4.78 is 33.0. The Hall–Kier alpha value is -5.20. The first-order valence-corrected chi connectivity index (χ1v) is 17.2. The lowest BCUT2D eigenvalue weighted by molar-refractivity contribution is -0.150. The third-order valence-electron chi connectivity index (χ3n) is 7.84. The molecule has 0 unspecified atom stereocenters. The molecule has 0 radical (unpaired) electrons. The fraction of sp³-hybridized carbons (Fsp3) is 0.250. The Morgan fingerprint density at radius 2 is 1.46 bits per heavy atom. The molecule has 0 saturated heterocycles. The zero-order valence-electron chi connectivity index (χ0n) is 26.9. The number of Topliss-reactive ketones (excluding diaryl/α,β-unsaturated/α-hetero) is 1. The summed E-state index contributed by atoms with van der Waals surface area (Å²) >= 11 is 0. The molecule has 1 atom stereocenters. The summed E-state index contributed by atoms with van der Waals surface area (Å²) in [5.41, 5.74) is 14.5. The van der Waals surface area contributed by atoms with Gasteiger partial charge in [-0.1, -0.05) is 60.7 Å². The highest BCUT2D eigenvalue weighted by Gasteiger charge is 2.42. The molecule has 0 aliphatic rings. The number of primary amides is 1. The number of rotatable bonds is 17. The molecule has 0 aromatic heterocycles. The van der Waals surface area contributed by atoms with Gasteiger partial charge in [0.1, 0.15) is 11.5 Å². The standard InChI is InChI=1S/C36H40N4O7S/c1-24-31(20-15-28(34(24)40-48(2,45)46)21-26-7-4-3-5-8-26)39-23-27-13-18-30(19-14-27)47-29-16-11-25(12-17-29)9-6-10-32(41)36(38,35(43)44)22-33(37)42/h3-5,7-8,11-20,39-40H,6,9-10,21-23,38H2,1-2H3,(H2,37,42)(H,43,44)/t36-/m1/s1. The van der Waals surface area contributed by atoms with Gasteiger partial charge in [0.25, 0.3) is 0 Å². The lowest BCUT2D eigenvalue weighted by Crippen LogP contribution is -2.57. The molecule has 12 heteroatoms. The molecular weight excluding hydrogens is 632 g/mol. The Morgan fingerprint density at radius 3 is 2.02 bits per heavy atom. The smallest absolute Gasteiger partial charge is 0.332 e. The highest BCUT2D eigenvalue weighted by atomic mass is 32.2. The molecule has 4 rings (SSSR count). The van der Waals surface area contributed by atoms with Crippen LogP contribution in [0.4, 0.5) is 11.4 Å². The zero-order valence-corrected chi connectivity index (χ0v) is 27.7. The highest BCUT2D eigenvalue weighted by Crippen LogP contribution is 2.31. The van der Waals surface area contributed by atoms with Gasteiger partial charge < -0.3 is 26.6 Å². The van der Waals surface area contributed by atoms with E-state index in [-0.39, 0.29) is 6.42 Å². The Balaban J connectivity index is 1.32. The second kappa shape index (κ2) is 15.6. The number of sulfonamides is 1. The summed E-state index contributed by atoms with van der Waals surface area (Å²) in [6, 6.07) is 28.7. The fourth-order valence-corrected chi connectivity index (χ4v) is 5.88. The lowest BCUT2D eigenvalue weighted by atomic mass is 9.87. The molecule has 0 saturated carbocycles. The number of nitrogens with two attached hydrogens (primary N) is 2. The van der Waals surface area contributed by atoms with E-state index in [9.17, 15) is 27.9 Å². The molecule has 0 fully saturated rings. The molecule has 7 N–H and O–H groups in total. The normalized spacial score (nSPS) is 12.5. The first-order chi connectivity index (χ1) is 22.7. The molecule has 4 aromatic carbocycles. The van der Waals surface area contributed by atoms with Crippen LogP contribution in [0.5, 0.6) is 11.5 Å². The summed E-state index contributed by atoms with van der Waals surface area (Å²) in [5, 5.41) is 12.7. The van der Waals surface area contributed by atoms with Crippen molar-refractivity contribution in [1.29, 1.82) is 0 Å². The number of carboxylic acid groups (broad SMARTS) is 1. The lowest BCUT2D eigenvalue weighted by Gasteiger charge is -2.21. The maximum absolute atomic E-state index is 12.4. The molecule has 0 spiro atoms. The number of ether oxygens (including phenoxy) is 1. The second-order valence-electron chi connectivity index (χ2n) is 11.7. The van der Waals surface area contributed by atoms with E-state index in [1.54, 1.807) is 12.1 Å². The van der Waals surface area contributed by atoms with Crippen molar-refractivity contribution in [2.24, 2.45) is 11.5 Å².